The van der Waals surface area contributed by atoms with Crippen LogP contribution in [0.1, 0.15) is 26.5 Å². The van der Waals surface area contributed by atoms with Crippen molar-refractivity contribution in [1.29, 1.82) is 0 Å². The lowest BCUT2D eigenvalue weighted by molar-refractivity contribution is 0.0527. The van der Waals surface area contributed by atoms with Crippen LogP contribution in [0, 0.1) is 12.7 Å². The maximum absolute atomic E-state index is 13.9. The predicted octanol–water partition coefficient (Wildman–Crippen LogP) is 2.12. The monoisotopic (exact) mass is 364 g/mol. The molecule has 0 spiro atoms. The standard InChI is InChI=1S/C17H18ClFN4O2/c1-11-9-15(21(2)20-11)17(25)23-7-5-22(6-8-23)16(24)13-10-12(18)3-4-14(13)19/h3-4,9-10H,5-8H2,1-2H3. The number of piperazine rings is 1. The van der Waals surface area contributed by atoms with Crippen molar-refractivity contribution in [3.05, 3.63) is 52.1 Å². The first kappa shape index (κ1) is 17.4. The van der Waals surface area contributed by atoms with Crippen molar-refractivity contribution in [1.82, 2.24) is 19.6 Å². The average Bonchev–Trinajstić information content (AvgIpc) is 2.94. The van der Waals surface area contributed by atoms with Crippen LogP contribution in [0.3, 0.4) is 0 Å². The third-order valence-corrected chi connectivity index (χ3v) is 4.47. The second kappa shape index (κ2) is 6.84. The van der Waals surface area contributed by atoms with Gasteiger partial charge in [-0.15, -0.1) is 0 Å². The summed E-state index contributed by atoms with van der Waals surface area (Å²) in [4.78, 5) is 28.3. The Labute approximate surface area is 149 Å². The minimum Gasteiger partial charge on any atom is -0.335 e. The van der Waals surface area contributed by atoms with Gasteiger partial charge in [-0.05, 0) is 31.2 Å². The van der Waals surface area contributed by atoms with E-state index in [1.54, 1.807) is 22.7 Å². The van der Waals surface area contributed by atoms with Crippen LogP contribution in [-0.2, 0) is 7.05 Å². The molecule has 1 saturated heterocycles. The fourth-order valence-corrected chi connectivity index (χ4v) is 3.09. The van der Waals surface area contributed by atoms with E-state index in [0.29, 0.717) is 36.9 Å². The van der Waals surface area contributed by atoms with Gasteiger partial charge >= 0.3 is 0 Å². The molecule has 1 aromatic heterocycles. The van der Waals surface area contributed by atoms with Gasteiger partial charge in [0, 0.05) is 38.2 Å². The largest absolute Gasteiger partial charge is 0.335 e. The topological polar surface area (TPSA) is 58.4 Å². The van der Waals surface area contributed by atoms with E-state index in [9.17, 15) is 14.0 Å². The van der Waals surface area contributed by atoms with Crippen LogP contribution in [-0.4, -0.2) is 57.6 Å². The van der Waals surface area contributed by atoms with Crippen LogP contribution in [0.25, 0.3) is 0 Å². The molecule has 8 heteroatoms. The average molecular weight is 365 g/mol. The summed E-state index contributed by atoms with van der Waals surface area (Å²) in [7, 11) is 1.72. The van der Waals surface area contributed by atoms with Gasteiger partial charge in [0.05, 0.1) is 11.3 Å². The molecule has 2 amide bonds. The number of amides is 2. The third-order valence-electron chi connectivity index (χ3n) is 4.23. The summed E-state index contributed by atoms with van der Waals surface area (Å²) < 4.78 is 15.4. The number of aryl methyl sites for hydroxylation is 2. The van der Waals surface area contributed by atoms with E-state index >= 15 is 0 Å². The summed E-state index contributed by atoms with van der Waals surface area (Å²) in [5, 5.41) is 4.49. The molecule has 2 aromatic rings. The Bertz CT molecular complexity index is 828. The van der Waals surface area contributed by atoms with Gasteiger partial charge < -0.3 is 9.80 Å². The molecule has 0 unspecified atom stereocenters. The van der Waals surface area contributed by atoms with Crippen molar-refractivity contribution in [2.45, 2.75) is 6.92 Å². The first-order valence-corrected chi connectivity index (χ1v) is 8.29. The van der Waals surface area contributed by atoms with Gasteiger partial charge in [0.15, 0.2) is 0 Å². The number of nitrogens with zero attached hydrogens (tertiary/aromatic N) is 4. The molecule has 0 atom stereocenters. The third kappa shape index (κ3) is 3.51. The number of carbonyl (C=O) groups excluding carboxylic acids is 2. The highest BCUT2D eigenvalue weighted by atomic mass is 35.5. The second-order valence-corrected chi connectivity index (χ2v) is 6.44. The van der Waals surface area contributed by atoms with Crippen molar-refractivity contribution < 1.29 is 14.0 Å². The minimum atomic E-state index is -0.599. The van der Waals surface area contributed by atoms with Crippen LogP contribution < -0.4 is 0 Å². The normalized spacial score (nSPS) is 14.7. The molecule has 6 nitrogen and oxygen atoms in total. The number of carbonyl (C=O) groups is 2. The number of hydrogen-bond donors (Lipinski definition) is 0. The van der Waals surface area contributed by atoms with E-state index < -0.39 is 11.7 Å². The molecule has 1 aliphatic rings. The van der Waals surface area contributed by atoms with Crippen molar-refractivity contribution in [2.75, 3.05) is 26.2 Å². The van der Waals surface area contributed by atoms with Gasteiger partial charge in [0.2, 0.25) is 0 Å². The Hall–Kier alpha value is -2.41. The quantitative estimate of drug-likeness (QED) is 0.820. The van der Waals surface area contributed by atoms with Crippen molar-refractivity contribution in [2.24, 2.45) is 7.05 Å². The van der Waals surface area contributed by atoms with Crippen LogP contribution in [0.4, 0.5) is 4.39 Å². The van der Waals surface area contributed by atoms with E-state index in [2.05, 4.69) is 5.10 Å². The Balaban J connectivity index is 1.67. The molecule has 132 valence electrons. The maximum Gasteiger partial charge on any atom is 0.272 e. The van der Waals surface area contributed by atoms with E-state index in [1.807, 2.05) is 6.92 Å². The Kier molecular flexibility index (Phi) is 4.76. The molecule has 1 aromatic carbocycles. The number of benzene rings is 1. The number of rotatable bonds is 2. The molecular weight excluding hydrogens is 347 g/mol. The smallest absolute Gasteiger partial charge is 0.272 e. The first-order valence-electron chi connectivity index (χ1n) is 7.91. The summed E-state index contributed by atoms with van der Waals surface area (Å²) in [5.74, 6) is -1.13. The van der Waals surface area contributed by atoms with Gasteiger partial charge in [-0.3, -0.25) is 14.3 Å². The fourth-order valence-electron chi connectivity index (χ4n) is 2.92. The SMILES string of the molecule is Cc1cc(C(=O)N2CCN(C(=O)c3cc(Cl)ccc3F)CC2)n(C)n1. The molecule has 0 bridgehead atoms. The zero-order valence-corrected chi connectivity index (χ0v) is 14.8. The predicted molar refractivity (Wildman–Crippen MR) is 91.2 cm³/mol. The number of aromatic nitrogens is 2. The summed E-state index contributed by atoms with van der Waals surface area (Å²) in [6.07, 6.45) is 0. The molecule has 3 rings (SSSR count). The van der Waals surface area contributed by atoms with Crippen LogP contribution in [0.2, 0.25) is 5.02 Å². The van der Waals surface area contributed by atoms with E-state index in [-0.39, 0.29) is 11.5 Å². The first-order chi connectivity index (χ1) is 11.9. The van der Waals surface area contributed by atoms with Crippen LogP contribution in [0.5, 0.6) is 0 Å². The van der Waals surface area contributed by atoms with Crippen LogP contribution in [0.15, 0.2) is 24.3 Å². The molecule has 2 heterocycles. The van der Waals surface area contributed by atoms with E-state index in [4.69, 9.17) is 11.6 Å². The van der Waals surface area contributed by atoms with E-state index in [0.717, 1.165) is 5.69 Å². The van der Waals surface area contributed by atoms with Crippen molar-refractivity contribution in [3.63, 3.8) is 0 Å². The van der Waals surface area contributed by atoms with Gasteiger partial charge in [-0.25, -0.2) is 4.39 Å². The summed E-state index contributed by atoms with van der Waals surface area (Å²) in [6, 6.07) is 5.65. The summed E-state index contributed by atoms with van der Waals surface area (Å²) in [6.45, 7) is 3.28. The van der Waals surface area contributed by atoms with Gasteiger partial charge in [0.1, 0.15) is 11.5 Å². The second-order valence-electron chi connectivity index (χ2n) is 6.00. The number of halogens is 2. The molecule has 1 aliphatic heterocycles. The molecule has 0 saturated carbocycles. The summed E-state index contributed by atoms with van der Waals surface area (Å²) in [5.41, 5.74) is 1.24. The molecule has 1 fully saturated rings. The molecule has 25 heavy (non-hydrogen) atoms. The Morgan fingerprint density at radius 2 is 1.68 bits per heavy atom. The highest BCUT2D eigenvalue weighted by Crippen LogP contribution is 2.18. The van der Waals surface area contributed by atoms with Gasteiger partial charge in [-0.2, -0.15) is 5.10 Å². The zero-order chi connectivity index (χ0) is 18.1. The zero-order valence-electron chi connectivity index (χ0n) is 14.0. The lowest BCUT2D eigenvalue weighted by atomic mass is 10.1. The lowest BCUT2D eigenvalue weighted by Crippen LogP contribution is -2.51. The molecule has 0 N–H and O–H groups in total. The maximum atomic E-state index is 13.9. The lowest BCUT2D eigenvalue weighted by Gasteiger charge is -2.34. The highest BCUT2D eigenvalue weighted by molar-refractivity contribution is 6.31. The molecule has 0 radical (unpaired) electrons. The number of hydrogen-bond acceptors (Lipinski definition) is 3. The van der Waals surface area contributed by atoms with Gasteiger partial charge in [0.25, 0.3) is 11.8 Å². The Morgan fingerprint density at radius 1 is 1.08 bits per heavy atom. The fraction of sp³-hybridized carbons (Fsp3) is 0.353. The van der Waals surface area contributed by atoms with Crippen molar-refractivity contribution in [3.8, 4) is 0 Å². The molecule has 0 aliphatic carbocycles. The molecular formula is C17H18ClFN4O2. The van der Waals surface area contributed by atoms with Gasteiger partial charge in [-0.1, -0.05) is 11.6 Å². The highest BCUT2D eigenvalue weighted by Gasteiger charge is 2.28. The van der Waals surface area contributed by atoms with Crippen molar-refractivity contribution >= 4 is 23.4 Å². The Morgan fingerprint density at radius 3 is 2.24 bits per heavy atom. The van der Waals surface area contributed by atoms with E-state index in [1.165, 1.54) is 23.1 Å². The van der Waals surface area contributed by atoms with Crippen LogP contribution >= 0.6 is 11.6 Å². The minimum absolute atomic E-state index is 0.0467. The summed E-state index contributed by atoms with van der Waals surface area (Å²) >= 11 is 5.85.